The molecule has 1 aliphatic rings. The molecule has 1 fully saturated rings. The van der Waals surface area contributed by atoms with Crippen LogP contribution in [0.15, 0.2) is 18.2 Å². The van der Waals surface area contributed by atoms with Crippen molar-refractivity contribution < 1.29 is 29.0 Å². The number of hydrogen-bond donors (Lipinski definition) is 2. The summed E-state index contributed by atoms with van der Waals surface area (Å²) in [6.07, 6.45) is 0. The monoisotopic (exact) mass is 322 g/mol. The topological polar surface area (TPSA) is 105 Å². The minimum atomic E-state index is -1.16. The average Bonchev–Trinajstić information content (AvgIpc) is 2.52. The van der Waals surface area contributed by atoms with Gasteiger partial charge in [-0.3, -0.25) is 9.59 Å². The highest BCUT2D eigenvalue weighted by atomic mass is 16.5. The van der Waals surface area contributed by atoms with Crippen LogP contribution in [0, 0.1) is 0 Å². The fourth-order valence-electron chi connectivity index (χ4n) is 2.54. The van der Waals surface area contributed by atoms with Gasteiger partial charge in [-0.2, -0.15) is 0 Å². The number of likely N-dealkylation sites (tertiary alicyclic amines) is 1. The summed E-state index contributed by atoms with van der Waals surface area (Å²) in [6.45, 7) is 1.34. The van der Waals surface area contributed by atoms with Crippen molar-refractivity contribution in [3.63, 3.8) is 0 Å². The number of carboxylic acids is 1. The maximum atomic E-state index is 12.1. The molecule has 2 N–H and O–H groups in total. The first-order valence-electron chi connectivity index (χ1n) is 6.90. The molecule has 8 nitrogen and oxygen atoms in total. The van der Waals surface area contributed by atoms with E-state index in [1.807, 2.05) is 0 Å². The van der Waals surface area contributed by atoms with Gasteiger partial charge >= 0.3 is 5.97 Å². The molecular weight excluding hydrogens is 304 g/mol. The van der Waals surface area contributed by atoms with Gasteiger partial charge in [-0.25, -0.2) is 4.79 Å². The maximum Gasteiger partial charge on any atom is 0.329 e. The van der Waals surface area contributed by atoms with Crippen molar-refractivity contribution in [1.82, 2.24) is 10.2 Å². The number of carbonyl (C=O) groups is 3. The lowest BCUT2D eigenvalue weighted by Gasteiger charge is -2.44. The molecular formula is C15H18N2O6. The number of hydrogen-bond acceptors (Lipinski definition) is 5. The Bertz CT molecular complexity index is 645. The van der Waals surface area contributed by atoms with Crippen LogP contribution < -0.4 is 14.8 Å². The van der Waals surface area contributed by atoms with Crippen LogP contribution in [0.1, 0.15) is 12.5 Å². The molecule has 2 atom stereocenters. The third-order valence-corrected chi connectivity index (χ3v) is 3.61. The Hall–Kier alpha value is -2.77. The number of methoxy groups -OCH3 is 2. The van der Waals surface area contributed by atoms with E-state index < -0.39 is 29.9 Å². The first-order valence-corrected chi connectivity index (χ1v) is 6.90. The molecule has 2 unspecified atom stereocenters. The number of carbonyl (C=O) groups excluding carboxylic acids is 2. The summed E-state index contributed by atoms with van der Waals surface area (Å²) < 4.78 is 10.3. The molecule has 1 aromatic rings. The number of β-lactam (4-membered cyclic amide) rings is 1. The Morgan fingerprint density at radius 1 is 1.26 bits per heavy atom. The summed E-state index contributed by atoms with van der Waals surface area (Å²) in [5.74, 6) is -1.01. The van der Waals surface area contributed by atoms with E-state index in [9.17, 15) is 19.5 Å². The molecule has 1 aliphatic heterocycles. The lowest BCUT2D eigenvalue weighted by molar-refractivity contribution is -0.168. The van der Waals surface area contributed by atoms with Crippen molar-refractivity contribution in [2.75, 3.05) is 14.2 Å². The summed E-state index contributed by atoms with van der Waals surface area (Å²) in [5, 5.41) is 11.6. The van der Waals surface area contributed by atoms with Crippen LogP contribution in [-0.4, -0.2) is 54.1 Å². The van der Waals surface area contributed by atoms with Gasteiger partial charge in [0, 0.05) is 13.5 Å². The summed E-state index contributed by atoms with van der Waals surface area (Å²) in [7, 11) is 3.00. The first kappa shape index (κ1) is 16.6. The highest BCUT2D eigenvalue weighted by Gasteiger charge is 2.52. The molecule has 0 bridgehead atoms. The minimum absolute atomic E-state index is 0.103. The van der Waals surface area contributed by atoms with Crippen LogP contribution in [0.4, 0.5) is 0 Å². The van der Waals surface area contributed by atoms with E-state index in [1.165, 1.54) is 26.0 Å². The molecule has 1 heterocycles. The van der Waals surface area contributed by atoms with Crippen LogP contribution in [0.25, 0.3) is 0 Å². The lowest BCUT2D eigenvalue weighted by atomic mass is 9.94. The number of nitrogens with zero attached hydrogens (tertiary/aromatic N) is 1. The summed E-state index contributed by atoms with van der Waals surface area (Å²) in [6, 6.07) is 2.97. The zero-order valence-corrected chi connectivity index (χ0v) is 13.0. The molecule has 0 radical (unpaired) electrons. The summed E-state index contributed by atoms with van der Waals surface area (Å²) in [5.41, 5.74) is 0.698. The van der Waals surface area contributed by atoms with Crippen molar-refractivity contribution in [3.05, 3.63) is 23.8 Å². The second kappa shape index (κ2) is 6.55. The van der Waals surface area contributed by atoms with Crippen molar-refractivity contribution in [2.24, 2.45) is 0 Å². The first-order chi connectivity index (χ1) is 10.9. The zero-order valence-electron chi connectivity index (χ0n) is 13.0. The Balaban J connectivity index is 2.17. The fourth-order valence-corrected chi connectivity index (χ4v) is 2.54. The van der Waals surface area contributed by atoms with Gasteiger partial charge in [0.05, 0.1) is 14.2 Å². The number of benzene rings is 1. The summed E-state index contributed by atoms with van der Waals surface area (Å²) in [4.78, 5) is 35.7. The predicted octanol–water partition coefficient (Wildman–Crippen LogP) is 0.00390. The molecule has 0 spiro atoms. The number of ether oxygens (including phenoxy) is 2. The number of amides is 2. The molecule has 2 amide bonds. The lowest BCUT2D eigenvalue weighted by Crippen LogP contribution is -2.72. The van der Waals surface area contributed by atoms with Crippen LogP contribution in [0.2, 0.25) is 0 Å². The van der Waals surface area contributed by atoms with Gasteiger partial charge in [0.25, 0.3) is 0 Å². The number of nitrogens with one attached hydrogen (secondary N) is 1. The predicted molar refractivity (Wildman–Crippen MR) is 79.1 cm³/mol. The van der Waals surface area contributed by atoms with Crippen LogP contribution in [0.3, 0.4) is 0 Å². The fraction of sp³-hybridized carbons (Fsp3) is 0.400. The standard InChI is InChI=1S/C15H18N2O6/c1-8(18)16-12-13(15(20)21)17(14(12)19)7-9-4-5-10(22-2)11(6-9)23-3/h4-6,12-13H,7H2,1-3H3,(H,16,18)(H,20,21). The molecule has 0 aliphatic carbocycles. The van der Waals surface area contributed by atoms with Crippen LogP contribution >= 0.6 is 0 Å². The van der Waals surface area contributed by atoms with E-state index in [0.29, 0.717) is 17.1 Å². The normalized spacial score (nSPS) is 19.8. The van der Waals surface area contributed by atoms with Crippen molar-refractivity contribution in [1.29, 1.82) is 0 Å². The van der Waals surface area contributed by atoms with Gasteiger partial charge in [0.1, 0.15) is 6.04 Å². The van der Waals surface area contributed by atoms with Gasteiger partial charge in [-0.15, -0.1) is 0 Å². The molecule has 8 heteroatoms. The second-order valence-electron chi connectivity index (χ2n) is 5.12. The van der Waals surface area contributed by atoms with E-state index in [4.69, 9.17) is 9.47 Å². The Morgan fingerprint density at radius 2 is 1.91 bits per heavy atom. The van der Waals surface area contributed by atoms with Crippen molar-refractivity contribution in [2.45, 2.75) is 25.6 Å². The van der Waals surface area contributed by atoms with Gasteiger partial charge in [-0.05, 0) is 17.7 Å². The SMILES string of the molecule is COc1ccc(CN2C(=O)C(NC(C)=O)C2C(=O)O)cc1OC. The molecule has 0 saturated carbocycles. The highest BCUT2D eigenvalue weighted by molar-refractivity contribution is 6.01. The van der Waals surface area contributed by atoms with Gasteiger partial charge in [-0.1, -0.05) is 6.07 Å². The minimum Gasteiger partial charge on any atom is -0.493 e. The number of aliphatic carboxylic acids is 1. The maximum absolute atomic E-state index is 12.1. The van der Waals surface area contributed by atoms with Gasteiger partial charge in [0.2, 0.25) is 11.8 Å². The molecule has 2 rings (SSSR count). The number of carboxylic acid groups (broad SMARTS) is 1. The van der Waals surface area contributed by atoms with E-state index >= 15 is 0 Å². The van der Waals surface area contributed by atoms with Crippen LogP contribution in [0.5, 0.6) is 11.5 Å². The Kier molecular flexibility index (Phi) is 4.73. The van der Waals surface area contributed by atoms with E-state index in [0.717, 1.165) is 0 Å². The summed E-state index contributed by atoms with van der Waals surface area (Å²) >= 11 is 0. The largest absolute Gasteiger partial charge is 0.493 e. The third-order valence-electron chi connectivity index (χ3n) is 3.61. The van der Waals surface area contributed by atoms with E-state index in [1.54, 1.807) is 18.2 Å². The quantitative estimate of drug-likeness (QED) is 0.715. The smallest absolute Gasteiger partial charge is 0.329 e. The van der Waals surface area contributed by atoms with Crippen molar-refractivity contribution >= 4 is 17.8 Å². The molecule has 23 heavy (non-hydrogen) atoms. The molecule has 1 aromatic carbocycles. The number of rotatable bonds is 6. The third kappa shape index (κ3) is 3.20. The van der Waals surface area contributed by atoms with Crippen LogP contribution in [-0.2, 0) is 20.9 Å². The average molecular weight is 322 g/mol. The van der Waals surface area contributed by atoms with Gasteiger partial charge in [0.15, 0.2) is 17.5 Å². The highest BCUT2D eigenvalue weighted by Crippen LogP contribution is 2.30. The van der Waals surface area contributed by atoms with Crippen molar-refractivity contribution in [3.8, 4) is 11.5 Å². The van der Waals surface area contributed by atoms with Gasteiger partial charge < -0.3 is 24.8 Å². The Labute approximate surface area is 133 Å². The molecule has 1 saturated heterocycles. The Morgan fingerprint density at radius 3 is 2.43 bits per heavy atom. The molecule has 0 aromatic heterocycles. The molecule has 124 valence electrons. The zero-order chi connectivity index (χ0) is 17.1. The van der Waals surface area contributed by atoms with E-state index in [2.05, 4.69) is 5.32 Å². The second-order valence-corrected chi connectivity index (χ2v) is 5.12. The van der Waals surface area contributed by atoms with E-state index in [-0.39, 0.29) is 6.54 Å².